The second-order valence-corrected chi connectivity index (χ2v) is 8.18. The average molecular weight is 472 g/mol. The Labute approximate surface area is 191 Å². The lowest BCUT2D eigenvalue weighted by atomic mass is 10.1. The Balaban J connectivity index is 1.44. The summed E-state index contributed by atoms with van der Waals surface area (Å²) in [6, 6.07) is 12.4. The third kappa shape index (κ3) is 5.78. The van der Waals surface area contributed by atoms with Gasteiger partial charge in [-0.1, -0.05) is 17.7 Å². The van der Waals surface area contributed by atoms with E-state index < -0.39 is 17.6 Å². The summed E-state index contributed by atoms with van der Waals surface area (Å²) in [6.45, 7) is 2.24. The van der Waals surface area contributed by atoms with E-state index in [1.165, 1.54) is 28.3 Å². The van der Waals surface area contributed by atoms with E-state index in [2.05, 4.69) is 15.4 Å². The van der Waals surface area contributed by atoms with Gasteiger partial charge in [0.1, 0.15) is 17.4 Å². The smallest absolute Gasteiger partial charge is 0.416 e. The van der Waals surface area contributed by atoms with E-state index >= 15 is 0 Å². The summed E-state index contributed by atoms with van der Waals surface area (Å²) >= 11 is 1.35. The summed E-state index contributed by atoms with van der Waals surface area (Å²) in [5, 5.41) is 9.03. The van der Waals surface area contributed by atoms with Crippen molar-refractivity contribution in [3.63, 3.8) is 0 Å². The van der Waals surface area contributed by atoms with Crippen LogP contribution in [0.5, 0.6) is 5.75 Å². The number of benzene rings is 2. The number of halogens is 3. The van der Waals surface area contributed by atoms with Crippen LogP contribution in [0, 0.1) is 6.92 Å². The summed E-state index contributed by atoms with van der Waals surface area (Å²) < 4.78 is 46.6. The topological polar surface area (TPSA) is 69.0 Å². The van der Waals surface area contributed by atoms with Crippen molar-refractivity contribution in [2.75, 3.05) is 5.32 Å². The van der Waals surface area contributed by atoms with Gasteiger partial charge in [-0.25, -0.2) is 9.67 Å². The number of aromatic nitrogens is 3. The van der Waals surface area contributed by atoms with Crippen LogP contribution in [0.25, 0.3) is 5.69 Å². The van der Waals surface area contributed by atoms with E-state index in [0.29, 0.717) is 22.1 Å². The number of hydrogen-bond donors (Lipinski definition) is 1. The molecular weight excluding hydrogens is 453 g/mol. The van der Waals surface area contributed by atoms with Crippen molar-refractivity contribution in [1.29, 1.82) is 0 Å². The summed E-state index contributed by atoms with van der Waals surface area (Å²) in [5.41, 5.74) is 1.11. The number of hydrogen-bond acceptors (Lipinski definition) is 5. The maximum atomic E-state index is 13.2. The Hall–Kier alpha value is -3.66. The van der Waals surface area contributed by atoms with Gasteiger partial charge in [0, 0.05) is 17.8 Å². The van der Waals surface area contributed by atoms with Crippen LogP contribution in [-0.2, 0) is 24.0 Å². The monoisotopic (exact) mass is 472 g/mol. The number of rotatable bonds is 7. The molecule has 10 heteroatoms. The molecule has 2 heterocycles. The van der Waals surface area contributed by atoms with Crippen LogP contribution in [0.4, 0.5) is 18.9 Å². The maximum Gasteiger partial charge on any atom is 0.416 e. The molecule has 0 spiro atoms. The van der Waals surface area contributed by atoms with E-state index in [0.717, 1.165) is 17.7 Å². The van der Waals surface area contributed by atoms with E-state index in [1.807, 2.05) is 31.2 Å². The van der Waals surface area contributed by atoms with Gasteiger partial charge in [-0.2, -0.15) is 18.3 Å². The fourth-order valence-electron chi connectivity index (χ4n) is 3.06. The van der Waals surface area contributed by atoms with Gasteiger partial charge in [0.05, 0.1) is 29.1 Å². The number of nitrogens with one attached hydrogen (secondary N) is 1. The summed E-state index contributed by atoms with van der Waals surface area (Å²) in [7, 11) is 0. The summed E-state index contributed by atoms with van der Waals surface area (Å²) in [4.78, 5) is 17.0. The number of alkyl halides is 3. The number of anilines is 1. The Bertz CT molecular complexity index is 1240. The minimum Gasteiger partial charge on any atom is -0.486 e. The number of amides is 1. The predicted octanol–water partition coefficient (Wildman–Crippen LogP) is 5.42. The molecule has 1 amide bonds. The van der Waals surface area contributed by atoms with Gasteiger partial charge in [-0.15, -0.1) is 11.3 Å². The van der Waals surface area contributed by atoms with Crippen LogP contribution in [0.2, 0.25) is 0 Å². The van der Waals surface area contributed by atoms with Crippen molar-refractivity contribution in [1.82, 2.24) is 14.8 Å². The maximum absolute atomic E-state index is 13.2. The quantitative estimate of drug-likeness (QED) is 0.390. The largest absolute Gasteiger partial charge is 0.486 e. The fourth-order valence-corrected chi connectivity index (χ4v) is 3.76. The number of aryl methyl sites for hydroxylation is 1. The highest BCUT2D eigenvalue weighted by atomic mass is 32.1. The first kappa shape index (κ1) is 22.5. The lowest BCUT2D eigenvalue weighted by Gasteiger charge is -2.14. The Morgan fingerprint density at radius 3 is 2.67 bits per heavy atom. The molecule has 0 fully saturated rings. The van der Waals surface area contributed by atoms with Crippen LogP contribution in [-0.4, -0.2) is 20.7 Å². The van der Waals surface area contributed by atoms with Crippen molar-refractivity contribution in [3.8, 4) is 11.4 Å². The van der Waals surface area contributed by atoms with Gasteiger partial charge in [0.25, 0.3) is 0 Å². The molecule has 4 rings (SSSR count). The molecule has 0 aliphatic heterocycles. The minimum absolute atomic E-state index is 0.0108. The van der Waals surface area contributed by atoms with Crippen LogP contribution < -0.4 is 10.1 Å². The molecule has 0 atom stereocenters. The standard InChI is InChI=1S/C23H19F3N4O2S/c1-15-3-6-18(7-4-15)32-13-22-28-17(14-33-22)12-21(31)29-19-11-16(23(24,25)26)5-8-20(19)30-10-2-9-27-30/h2-11,14H,12-13H2,1H3,(H,29,31). The number of thiazole rings is 1. The first-order valence-electron chi connectivity index (χ1n) is 9.92. The Morgan fingerprint density at radius 1 is 1.18 bits per heavy atom. The predicted molar refractivity (Wildman–Crippen MR) is 119 cm³/mol. The molecule has 170 valence electrons. The van der Waals surface area contributed by atoms with Gasteiger partial charge in [0.15, 0.2) is 0 Å². The lowest BCUT2D eigenvalue weighted by molar-refractivity contribution is -0.137. The third-order valence-electron chi connectivity index (χ3n) is 4.67. The van der Waals surface area contributed by atoms with Gasteiger partial charge < -0.3 is 10.1 Å². The van der Waals surface area contributed by atoms with Gasteiger partial charge in [-0.3, -0.25) is 4.79 Å². The van der Waals surface area contributed by atoms with Crippen molar-refractivity contribution in [3.05, 3.63) is 88.1 Å². The molecule has 2 aromatic carbocycles. The number of carbonyl (C=O) groups is 1. The Morgan fingerprint density at radius 2 is 1.97 bits per heavy atom. The zero-order valence-electron chi connectivity index (χ0n) is 17.5. The zero-order chi connectivity index (χ0) is 23.4. The van der Waals surface area contributed by atoms with Gasteiger partial charge in [0.2, 0.25) is 5.91 Å². The van der Waals surface area contributed by atoms with E-state index in [9.17, 15) is 18.0 Å². The Kier molecular flexibility index (Phi) is 6.45. The van der Waals surface area contributed by atoms with Gasteiger partial charge in [-0.05, 0) is 43.3 Å². The summed E-state index contributed by atoms with van der Waals surface area (Å²) in [5.74, 6) is 0.227. The molecule has 0 saturated carbocycles. The van der Waals surface area contributed by atoms with E-state index in [4.69, 9.17) is 4.74 Å². The molecule has 1 N–H and O–H groups in total. The highest BCUT2D eigenvalue weighted by Gasteiger charge is 2.31. The van der Waals surface area contributed by atoms with Crippen LogP contribution in [0.15, 0.2) is 66.3 Å². The summed E-state index contributed by atoms with van der Waals surface area (Å²) in [6.07, 6.45) is -1.54. The molecule has 0 aliphatic rings. The van der Waals surface area contributed by atoms with Crippen LogP contribution in [0.3, 0.4) is 0 Å². The van der Waals surface area contributed by atoms with Gasteiger partial charge >= 0.3 is 6.18 Å². The molecule has 0 bridgehead atoms. The lowest BCUT2D eigenvalue weighted by Crippen LogP contribution is -2.17. The first-order valence-corrected chi connectivity index (χ1v) is 10.8. The highest BCUT2D eigenvalue weighted by molar-refractivity contribution is 7.09. The number of nitrogens with zero attached hydrogens (tertiary/aromatic N) is 3. The van der Waals surface area contributed by atoms with Crippen molar-refractivity contribution < 1.29 is 22.7 Å². The second kappa shape index (κ2) is 9.45. The van der Waals surface area contributed by atoms with Crippen molar-refractivity contribution in [2.24, 2.45) is 0 Å². The molecule has 0 unspecified atom stereocenters. The first-order chi connectivity index (χ1) is 15.8. The molecule has 6 nitrogen and oxygen atoms in total. The molecule has 4 aromatic rings. The van der Waals surface area contributed by atoms with E-state index in [1.54, 1.807) is 17.6 Å². The third-order valence-corrected chi connectivity index (χ3v) is 5.54. The highest BCUT2D eigenvalue weighted by Crippen LogP contribution is 2.33. The molecule has 0 aliphatic carbocycles. The molecule has 33 heavy (non-hydrogen) atoms. The van der Waals surface area contributed by atoms with Crippen LogP contribution in [0.1, 0.15) is 21.8 Å². The van der Waals surface area contributed by atoms with E-state index in [-0.39, 0.29) is 18.7 Å². The fraction of sp³-hybridized carbons (Fsp3) is 0.174. The van der Waals surface area contributed by atoms with Crippen molar-refractivity contribution in [2.45, 2.75) is 26.1 Å². The SMILES string of the molecule is Cc1ccc(OCc2nc(CC(=O)Nc3cc(C(F)(F)F)ccc3-n3cccn3)cs2)cc1. The zero-order valence-corrected chi connectivity index (χ0v) is 18.3. The number of carbonyl (C=O) groups excluding carboxylic acids is 1. The normalized spacial score (nSPS) is 11.4. The molecule has 0 saturated heterocycles. The molecule has 0 radical (unpaired) electrons. The molecule has 2 aromatic heterocycles. The van der Waals surface area contributed by atoms with Crippen LogP contribution >= 0.6 is 11.3 Å². The minimum atomic E-state index is -4.54. The average Bonchev–Trinajstić information content (AvgIpc) is 3.45. The molecular formula is C23H19F3N4O2S. The second-order valence-electron chi connectivity index (χ2n) is 7.24. The number of ether oxygens (including phenoxy) is 1. The van der Waals surface area contributed by atoms with Crippen molar-refractivity contribution >= 4 is 22.9 Å².